The van der Waals surface area contributed by atoms with E-state index in [1.54, 1.807) is 4.90 Å². The van der Waals surface area contributed by atoms with Gasteiger partial charge in [-0.2, -0.15) is 0 Å². The molecule has 0 radical (unpaired) electrons. The van der Waals surface area contributed by atoms with Gasteiger partial charge < -0.3 is 46.0 Å². The molecule has 0 bridgehead atoms. The van der Waals surface area contributed by atoms with Gasteiger partial charge in [-0.25, -0.2) is 28.8 Å². The molecule has 9 N–H and O–H groups in total. The minimum atomic E-state index is -1.26. The van der Waals surface area contributed by atoms with E-state index in [4.69, 9.17) is 46.0 Å². The molecule has 0 fully saturated rings. The summed E-state index contributed by atoms with van der Waals surface area (Å²) in [5.74, 6) is -7.54. The highest BCUT2D eigenvalue weighted by molar-refractivity contribution is 5.90. The van der Waals surface area contributed by atoms with E-state index in [9.17, 15) is 28.8 Å². The maximum absolute atomic E-state index is 9.55. The number of carboxylic acids is 6. The van der Waals surface area contributed by atoms with Crippen LogP contribution in [0.2, 0.25) is 0 Å². The van der Waals surface area contributed by atoms with Crippen molar-refractivity contribution in [2.24, 2.45) is 0 Å². The second-order valence-electron chi connectivity index (χ2n) is 5.04. The van der Waals surface area contributed by atoms with Crippen LogP contribution in [0, 0.1) is 0 Å². The van der Waals surface area contributed by atoms with Crippen LogP contribution in [-0.2, 0) is 28.8 Å². The largest absolute Gasteiger partial charge is 0.478 e. The van der Waals surface area contributed by atoms with E-state index in [0.29, 0.717) is 56.1 Å². The highest BCUT2D eigenvalue weighted by atomic mass is 16.4. The number of hydrogen-bond acceptors (Lipinski definition) is 10. The van der Waals surface area contributed by atoms with Crippen molar-refractivity contribution in [1.29, 1.82) is 0 Å². The molecule has 0 aliphatic heterocycles. The molecule has 34 heavy (non-hydrogen) atoms. The second kappa shape index (κ2) is 26.9. The Hall–Kier alpha value is -4.12. The van der Waals surface area contributed by atoms with E-state index in [-0.39, 0.29) is 19.8 Å². The Morgan fingerprint density at radius 2 is 0.559 bits per heavy atom. The van der Waals surface area contributed by atoms with Crippen molar-refractivity contribution >= 4 is 35.8 Å². The number of hydrogen-bond donors (Lipinski definition) is 9. The van der Waals surface area contributed by atoms with Crippen LogP contribution in [0.3, 0.4) is 0 Å². The molecule has 0 aromatic carbocycles. The minimum absolute atomic E-state index is 0.0694. The highest BCUT2D eigenvalue weighted by Gasteiger charge is 2.00. The first kappa shape index (κ1) is 37.2. The SMILES string of the molecule is O=C(O)C=CC(=O)O.O=C(O)C=CC(=O)O.O=C(O)C=CC(=O)O.OCCN(CCO)CCO. The van der Waals surface area contributed by atoms with Gasteiger partial charge in [-0.3, -0.25) is 4.90 Å². The van der Waals surface area contributed by atoms with E-state index in [0.717, 1.165) is 0 Å². The lowest BCUT2D eigenvalue weighted by atomic mass is 10.4. The first-order valence-corrected chi connectivity index (χ1v) is 8.70. The molecule has 0 aliphatic carbocycles. The Kier molecular flexibility index (Phi) is 29.5. The zero-order valence-electron chi connectivity index (χ0n) is 17.6. The van der Waals surface area contributed by atoms with Crippen LogP contribution in [0.15, 0.2) is 36.5 Å². The van der Waals surface area contributed by atoms with E-state index < -0.39 is 35.8 Å². The molecule has 0 saturated carbocycles. The van der Waals surface area contributed by atoms with Crippen molar-refractivity contribution in [3.05, 3.63) is 36.5 Å². The van der Waals surface area contributed by atoms with Gasteiger partial charge in [0.2, 0.25) is 0 Å². The molecule has 0 aromatic heterocycles. The van der Waals surface area contributed by atoms with Crippen LogP contribution < -0.4 is 0 Å². The van der Waals surface area contributed by atoms with Gasteiger partial charge in [-0.05, 0) is 0 Å². The van der Waals surface area contributed by atoms with Gasteiger partial charge >= 0.3 is 35.8 Å². The number of aliphatic carboxylic acids is 6. The van der Waals surface area contributed by atoms with E-state index in [1.165, 1.54) is 0 Å². The Morgan fingerprint density at radius 3 is 0.647 bits per heavy atom. The molecule has 0 rings (SSSR count). The molecule has 0 amide bonds. The monoisotopic (exact) mass is 497 g/mol. The standard InChI is InChI=1S/C6H15NO3.3C4H4O4/c8-4-1-7(2-5-9)3-6-10;3*5-3(6)1-2-4(7)8/h8-10H,1-6H2;3*1-2H,(H,5,6)(H,7,8). The molecule has 0 spiro atoms. The third kappa shape index (κ3) is 51.0. The Labute approximate surface area is 192 Å². The van der Waals surface area contributed by atoms with Crippen molar-refractivity contribution in [3.8, 4) is 0 Å². The first-order chi connectivity index (χ1) is 15.7. The summed E-state index contributed by atoms with van der Waals surface area (Å²) in [6.45, 7) is 1.75. The molecule has 16 heteroatoms. The third-order valence-corrected chi connectivity index (χ3v) is 2.35. The number of carboxylic acid groups (broad SMARTS) is 6. The lowest BCUT2D eigenvalue weighted by Crippen LogP contribution is -2.32. The summed E-state index contributed by atoms with van der Waals surface area (Å²) in [4.78, 5) is 59.1. The van der Waals surface area contributed by atoms with Crippen LogP contribution in [0.4, 0.5) is 0 Å². The number of nitrogens with zero attached hydrogens (tertiary/aromatic N) is 1. The predicted octanol–water partition coefficient (Wildman–Crippen LogP) is -2.60. The van der Waals surface area contributed by atoms with E-state index in [1.807, 2.05) is 0 Å². The maximum Gasteiger partial charge on any atom is 0.328 e. The van der Waals surface area contributed by atoms with Crippen molar-refractivity contribution < 1.29 is 74.7 Å². The van der Waals surface area contributed by atoms with Gasteiger partial charge in [0.15, 0.2) is 0 Å². The summed E-state index contributed by atoms with van der Waals surface area (Å²) >= 11 is 0. The quantitative estimate of drug-likeness (QED) is 0.125. The fourth-order valence-electron chi connectivity index (χ4n) is 1.19. The lowest BCUT2D eigenvalue weighted by Gasteiger charge is -2.17. The van der Waals surface area contributed by atoms with Gasteiger partial charge in [-0.15, -0.1) is 0 Å². The van der Waals surface area contributed by atoms with Gasteiger partial charge in [0.25, 0.3) is 0 Å². The second-order valence-corrected chi connectivity index (χ2v) is 5.04. The average Bonchev–Trinajstić information content (AvgIpc) is 2.71. The van der Waals surface area contributed by atoms with Crippen LogP contribution in [0.25, 0.3) is 0 Å². The average molecular weight is 497 g/mol. The Balaban J connectivity index is -0.000000177. The fraction of sp³-hybridized carbons (Fsp3) is 0.333. The summed E-state index contributed by atoms with van der Waals surface area (Å²) in [7, 11) is 0. The number of aliphatic hydroxyl groups excluding tert-OH is 3. The van der Waals surface area contributed by atoms with Crippen molar-refractivity contribution in [2.45, 2.75) is 0 Å². The molecule has 0 saturated heterocycles. The first-order valence-electron chi connectivity index (χ1n) is 8.70. The summed E-state index contributed by atoms with van der Waals surface area (Å²) in [6, 6.07) is 0. The van der Waals surface area contributed by atoms with Gasteiger partial charge in [-0.1, -0.05) is 0 Å². The molecule has 0 unspecified atom stereocenters. The molecule has 16 nitrogen and oxygen atoms in total. The van der Waals surface area contributed by atoms with Crippen LogP contribution in [-0.4, -0.2) is 126 Å². The minimum Gasteiger partial charge on any atom is -0.478 e. The molecular weight excluding hydrogens is 470 g/mol. The smallest absolute Gasteiger partial charge is 0.328 e. The van der Waals surface area contributed by atoms with E-state index in [2.05, 4.69) is 0 Å². The maximum atomic E-state index is 9.55. The Morgan fingerprint density at radius 1 is 0.412 bits per heavy atom. The van der Waals surface area contributed by atoms with Crippen molar-refractivity contribution in [3.63, 3.8) is 0 Å². The van der Waals surface area contributed by atoms with Crippen LogP contribution >= 0.6 is 0 Å². The predicted molar refractivity (Wildman–Crippen MR) is 111 cm³/mol. The van der Waals surface area contributed by atoms with Crippen molar-refractivity contribution in [2.75, 3.05) is 39.5 Å². The molecule has 0 aromatic rings. The zero-order chi connectivity index (χ0) is 27.5. The summed E-state index contributed by atoms with van der Waals surface area (Å²) < 4.78 is 0. The summed E-state index contributed by atoms with van der Waals surface area (Å²) in [5.41, 5.74) is 0. The molecular formula is C18H27NO15. The fourth-order valence-corrected chi connectivity index (χ4v) is 1.19. The molecule has 0 aliphatic rings. The zero-order valence-corrected chi connectivity index (χ0v) is 17.6. The number of carbonyl (C=O) groups is 6. The van der Waals surface area contributed by atoms with Gasteiger partial charge in [0, 0.05) is 56.1 Å². The topological polar surface area (TPSA) is 288 Å². The van der Waals surface area contributed by atoms with Crippen LogP contribution in [0.1, 0.15) is 0 Å². The summed E-state index contributed by atoms with van der Waals surface area (Å²) in [5, 5.41) is 72.3. The Bertz CT molecular complexity index is 569. The van der Waals surface area contributed by atoms with Gasteiger partial charge in [0.05, 0.1) is 19.8 Å². The highest BCUT2D eigenvalue weighted by Crippen LogP contribution is 1.84. The van der Waals surface area contributed by atoms with Crippen molar-refractivity contribution in [1.82, 2.24) is 4.90 Å². The summed E-state index contributed by atoms with van der Waals surface area (Å²) in [6.07, 6.45) is 3.35. The number of aliphatic hydroxyl groups is 3. The molecule has 194 valence electrons. The third-order valence-electron chi connectivity index (χ3n) is 2.35. The number of rotatable bonds is 12. The van der Waals surface area contributed by atoms with Crippen LogP contribution in [0.5, 0.6) is 0 Å². The normalized spacial score (nSPS) is 9.88. The molecule has 0 heterocycles. The molecule has 0 atom stereocenters. The van der Waals surface area contributed by atoms with E-state index >= 15 is 0 Å². The van der Waals surface area contributed by atoms with Gasteiger partial charge in [0.1, 0.15) is 0 Å². The lowest BCUT2D eigenvalue weighted by molar-refractivity contribution is -0.134.